The summed E-state index contributed by atoms with van der Waals surface area (Å²) in [5.41, 5.74) is 7.55. The SMILES string of the molecule is CC(N)CC(=O)NCCc1ccn(-c2ccccc2)n1.Cl. The highest BCUT2D eigenvalue weighted by Gasteiger charge is 2.05. The Morgan fingerprint density at radius 1 is 1.33 bits per heavy atom. The smallest absolute Gasteiger partial charge is 0.221 e. The molecule has 0 saturated heterocycles. The lowest BCUT2D eigenvalue weighted by Crippen LogP contribution is -2.31. The van der Waals surface area contributed by atoms with E-state index >= 15 is 0 Å². The third-order valence-electron chi connectivity index (χ3n) is 2.88. The van der Waals surface area contributed by atoms with Crippen LogP contribution >= 0.6 is 12.4 Å². The van der Waals surface area contributed by atoms with Crippen molar-refractivity contribution in [3.05, 3.63) is 48.3 Å². The van der Waals surface area contributed by atoms with Crippen LogP contribution in [-0.4, -0.2) is 28.3 Å². The Balaban J connectivity index is 0.00000220. The van der Waals surface area contributed by atoms with Gasteiger partial charge in [0.05, 0.1) is 11.4 Å². The maximum atomic E-state index is 11.5. The molecule has 2 rings (SSSR count). The Bertz CT molecular complexity index is 554. The number of benzene rings is 1. The van der Waals surface area contributed by atoms with Gasteiger partial charge in [0.1, 0.15) is 0 Å². The molecule has 1 atom stereocenters. The molecule has 3 N–H and O–H groups in total. The minimum absolute atomic E-state index is 0. The van der Waals surface area contributed by atoms with Crippen molar-refractivity contribution in [1.82, 2.24) is 15.1 Å². The van der Waals surface area contributed by atoms with E-state index in [0.717, 1.165) is 11.4 Å². The average Bonchev–Trinajstić information content (AvgIpc) is 2.88. The van der Waals surface area contributed by atoms with Crippen LogP contribution in [0.5, 0.6) is 0 Å². The summed E-state index contributed by atoms with van der Waals surface area (Å²) in [6.07, 6.45) is 3.00. The van der Waals surface area contributed by atoms with Gasteiger partial charge >= 0.3 is 0 Å². The van der Waals surface area contributed by atoms with Gasteiger partial charge in [0.25, 0.3) is 0 Å². The quantitative estimate of drug-likeness (QED) is 0.853. The predicted octanol–water partition coefficient (Wildman–Crippen LogP) is 1.69. The second-order valence-corrected chi connectivity index (χ2v) is 4.87. The zero-order chi connectivity index (χ0) is 14.4. The number of carbonyl (C=O) groups is 1. The fourth-order valence-corrected chi connectivity index (χ4v) is 1.91. The molecule has 1 aromatic heterocycles. The molecule has 1 aromatic carbocycles. The first-order chi connectivity index (χ1) is 9.65. The van der Waals surface area contributed by atoms with Gasteiger partial charge in [-0.1, -0.05) is 18.2 Å². The van der Waals surface area contributed by atoms with E-state index in [9.17, 15) is 4.79 Å². The largest absolute Gasteiger partial charge is 0.356 e. The Morgan fingerprint density at radius 3 is 2.71 bits per heavy atom. The molecule has 6 heteroatoms. The molecule has 1 heterocycles. The van der Waals surface area contributed by atoms with Gasteiger partial charge in [0, 0.05) is 31.6 Å². The fourth-order valence-electron chi connectivity index (χ4n) is 1.91. The molecule has 1 unspecified atom stereocenters. The van der Waals surface area contributed by atoms with Crippen LogP contribution in [0.3, 0.4) is 0 Å². The van der Waals surface area contributed by atoms with Crippen molar-refractivity contribution in [1.29, 1.82) is 0 Å². The van der Waals surface area contributed by atoms with E-state index in [0.29, 0.717) is 19.4 Å². The number of nitrogens with zero attached hydrogens (tertiary/aromatic N) is 2. The minimum Gasteiger partial charge on any atom is -0.356 e. The van der Waals surface area contributed by atoms with Crippen molar-refractivity contribution in [3.8, 4) is 5.69 Å². The van der Waals surface area contributed by atoms with E-state index in [1.165, 1.54) is 0 Å². The Hall–Kier alpha value is -1.85. The molecule has 1 amide bonds. The number of rotatable bonds is 6. The van der Waals surface area contributed by atoms with Crippen LogP contribution in [-0.2, 0) is 11.2 Å². The van der Waals surface area contributed by atoms with Gasteiger partial charge < -0.3 is 11.1 Å². The highest BCUT2D eigenvalue weighted by molar-refractivity contribution is 5.85. The molecule has 114 valence electrons. The molecular weight excluding hydrogens is 288 g/mol. The number of nitrogens with one attached hydrogen (secondary N) is 1. The van der Waals surface area contributed by atoms with Crippen LogP contribution in [0.1, 0.15) is 19.0 Å². The number of hydrogen-bond donors (Lipinski definition) is 2. The first-order valence-electron chi connectivity index (χ1n) is 6.77. The third kappa shape index (κ3) is 5.57. The zero-order valence-corrected chi connectivity index (χ0v) is 12.8. The Morgan fingerprint density at radius 2 is 2.05 bits per heavy atom. The molecule has 0 fully saturated rings. The molecule has 0 radical (unpaired) electrons. The first kappa shape index (κ1) is 17.2. The van der Waals surface area contributed by atoms with Crippen molar-refractivity contribution >= 4 is 18.3 Å². The average molecular weight is 309 g/mol. The molecule has 0 spiro atoms. The number of hydrogen-bond acceptors (Lipinski definition) is 3. The lowest BCUT2D eigenvalue weighted by Gasteiger charge is -2.06. The lowest BCUT2D eigenvalue weighted by molar-refractivity contribution is -0.121. The third-order valence-corrected chi connectivity index (χ3v) is 2.88. The second kappa shape index (κ2) is 8.44. The number of halogens is 1. The highest BCUT2D eigenvalue weighted by atomic mass is 35.5. The standard InChI is InChI=1S/C15H20N4O.ClH/c1-12(16)11-15(20)17-9-7-13-8-10-19(18-13)14-5-3-2-4-6-14;/h2-6,8,10,12H,7,9,11,16H2,1H3,(H,17,20);1H. The molecule has 0 aliphatic heterocycles. The van der Waals surface area contributed by atoms with E-state index in [1.54, 1.807) is 0 Å². The number of para-hydroxylation sites is 1. The number of aromatic nitrogens is 2. The van der Waals surface area contributed by atoms with Crippen LogP contribution < -0.4 is 11.1 Å². The zero-order valence-electron chi connectivity index (χ0n) is 12.0. The maximum absolute atomic E-state index is 11.5. The first-order valence-corrected chi connectivity index (χ1v) is 6.77. The summed E-state index contributed by atoms with van der Waals surface area (Å²) in [7, 11) is 0. The highest BCUT2D eigenvalue weighted by Crippen LogP contribution is 2.06. The number of amides is 1. The monoisotopic (exact) mass is 308 g/mol. The summed E-state index contributed by atoms with van der Waals surface area (Å²) in [4.78, 5) is 11.5. The number of carbonyl (C=O) groups excluding carboxylic acids is 1. The second-order valence-electron chi connectivity index (χ2n) is 4.87. The summed E-state index contributed by atoms with van der Waals surface area (Å²) < 4.78 is 1.83. The molecule has 0 aliphatic rings. The minimum atomic E-state index is -0.104. The maximum Gasteiger partial charge on any atom is 0.221 e. The predicted molar refractivity (Wildman–Crippen MR) is 85.8 cm³/mol. The van der Waals surface area contributed by atoms with Crippen LogP contribution in [0.2, 0.25) is 0 Å². The van der Waals surface area contributed by atoms with Crippen LogP contribution in [0, 0.1) is 0 Å². The fraction of sp³-hybridized carbons (Fsp3) is 0.333. The van der Waals surface area contributed by atoms with E-state index < -0.39 is 0 Å². The summed E-state index contributed by atoms with van der Waals surface area (Å²) >= 11 is 0. The van der Waals surface area contributed by atoms with Crippen molar-refractivity contribution < 1.29 is 4.79 Å². The molecule has 0 aliphatic carbocycles. The van der Waals surface area contributed by atoms with E-state index in [-0.39, 0.29) is 24.4 Å². The topological polar surface area (TPSA) is 72.9 Å². The molecule has 2 aromatic rings. The van der Waals surface area contributed by atoms with E-state index in [2.05, 4.69) is 10.4 Å². The van der Waals surface area contributed by atoms with Crippen molar-refractivity contribution in [2.75, 3.05) is 6.54 Å². The van der Waals surface area contributed by atoms with Gasteiger partial charge in [-0.05, 0) is 25.1 Å². The number of nitrogens with two attached hydrogens (primary N) is 1. The lowest BCUT2D eigenvalue weighted by atomic mass is 10.2. The van der Waals surface area contributed by atoms with Crippen LogP contribution in [0.15, 0.2) is 42.6 Å². The Labute approximate surface area is 130 Å². The van der Waals surface area contributed by atoms with Gasteiger partial charge in [-0.15, -0.1) is 12.4 Å². The van der Waals surface area contributed by atoms with Gasteiger partial charge in [-0.25, -0.2) is 4.68 Å². The summed E-state index contributed by atoms with van der Waals surface area (Å²) in [5, 5.41) is 7.32. The van der Waals surface area contributed by atoms with Gasteiger partial charge in [-0.3, -0.25) is 4.79 Å². The van der Waals surface area contributed by atoms with E-state index in [1.807, 2.05) is 54.2 Å². The normalized spacial score (nSPS) is 11.5. The Kier molecular flexibility index (Phi) is 6.91. The van der Waals surface area contributed by atoms with E-state index in [4.69, 9.17) is 5.73 Å². The summed E-state index contributed by atoms with van der Waals surface area (Å²) in [5.74, 6) is -0.0116. The van der Waals surface area contributed by atoms with Gasteiger partial charge in [0.2, 0.25) is 5.91 Å². The van der Waals surface area contributed by atoms with Crippen LogP contribution in [0.25, 0.3) is 5.69 Å². The van der Waals surface area contributed by atoms with Crippen molar-refractivity contribution in [2.24, 2.45) is 5.73 Å². The van der Waals surface area contributed by atoms with Crippen molar-refractivity contribution in [3.63, 3.8) is 0 Å². The summed E-state index contributed by atoms with van der Waals surface area (Å²) in [6.45, 7) is 2.40. The molecule has 5 nitrogen and oxygen atoms in total. The molecule has 0 bridgehead atoms. The van der Waals surface area contributed by atoms with Gasteiger partial charge in [-0.2, -0.15) is 5.10 Å². The summed E-state index contributed by atoms with van der Waals surface area (Å²) in [6, 6.07) is 11.8. The molecular formula is C15H21ClN4O. The van der Waals surface area contributed by atoms with Crippen LogP contribution in [0.4, 0.5) is 0 Å². The van der Waals surface area contributed by atoms with Gasteiger partial charge in [0.15, 0.2) is 0 Å². The molecule has 21 heavy (non-hydrogen) atoms. The van der Waals surface area contributed by atoms with Crippen molar-refractivity contribution in [2.45, 2.75) is 25.8 Å². The molecule has 0 saturated carbocycles.